The third-order valence-corrected chi connectivity index (χ3v) is 7.47. The van der Waals surface area contributed by atoms with Gasteiger partial charge in [0.15, 0.2) is 0 Å². The van der Waals surface area contributed by atoms with E-state index in [1.807, 2.05) is 6.07 Å². The van der Waals surface area contributed by atoms with Gasteiger partial charge in [0.1, 0.15) is 0 Å². The summed E-state index contributed by atoms with van der Waals surface area (Å²) in [4.78, 5) is 2.51. The molecule has 0 atom stereocenters. The average molecular weight is 387 g/mol. The number of sulfonamides is 1. The Balaban J connectivity index is 1.53. The first-order chi connectivity index (χ1) is 12.0. The normalized spacial score (nSPS) is 22.3. The van der Waals surface area contributed by atoms with Crippen LogP contribution in [0.1, 0.15) is 31.2 Å². The van der Waals surface area contributed by atoms with Gasteiger partial charge in [-0.15, -0.1) is 0 Å². The Bertz CT molecular complexity index is 667. The van der Waals surface area contributed by atoms with Crippen molar-refractivity contribution in [2.45, 2.75) is 43.6 Å². The maximum absolute atomic E-state index is 12.7. The molecule has 2 saturated heterocycles. The lowest BCUT2D eigenvalue weighted by molar-refractivity contribution is 0.0190. The van der Waals surface area contributed by atoms with Crippen molar-refractivity contribution in [2.75, 3.05) is 33.3 Å². The minimum absolute atomic E-state index is 0.0253. The van der Waals surface area contributed by atoms with Crippen LogP contribution in [0, 0.1) is 0 Å². The third kappa shape index (κ3) is 4.95. The highest BCUT2D eigenvalue weighted by atomic mass is 35.5. The van der Waals surface area contributed by atoms with E-state index in [9.17, 15) is 8.42 Å². The van der Waals surface area contributed by atoms with E-state index in [0.29, 0.717) is 30.3 Å². The molecule has 0 bridgehead atoms. The van der Waals surface area contributed by atoms with E-state index >= 15 is 0 Å². The number of benzene rings is 1. The van der Waals surface area contributed by atoms with Crippen molar-refractivity contribution in [2.24, 2.45) is 0 Å². The van der Waals surface area contributed by atoms with Crippen molar-refractivity contribution in [1.29, 1.82) is 0 Å². The van der Waals surface area contributed by atoms with Gasteiger partial charge in [-0.1, -0.05) is 23.7 Å². The van der Waals surface area contributed by atoms with Crippen molar-refractivity contribution in [3.63, 3.8) is 0 Å². The zero-order valence-electron chi connectivity index (χ0n) is 14.7. The monoisotopic (exact) mass is 386 g/mol. The fraction of sp³-hybridized carbons (Fsp3) is 0.667. The van der Waals surface area contributed by atoms with E-state index < -0.39 is 10.0 Å². The van der Waals surface area contributed by atoms with Gasteiger partial charge in [-0.05, 0) is 43.4 Å². The second-order valence-corrected chi connectivity index (χ2v) is 9.39. The molecule has 5 nitrogen and oxygen atoms in total. The largest absolute Gasteiger partial charge is 0.381 e. The summed E-state index contributed by atoms with van der Waals surface area (Å²) in [5.41, 5.74) is 0.747. The molecular formula is C18H27ClN2O3S. The quantitative estimate of drug-likeness (QED) is 0.780. The van der Waals surface area contributed by atoms with Crippen molar-refractivity contribution < 1.29 is 13.2 Å². The first-order valence-corrected chi connectivity index (χ1v) is 11.0. The Morgan fingerprint density at radius 1 is 1.12 bits per heavy atom. The first-order valence-electron chi connectivity index (χ1n) is 8.97. The smallest absolute Gasteiger partial charge is 0.218 e. The topological polar surface area (TPSA) is 49.9 Å². The van der Waals surface area contributed by atoms with Gasteiger partial charge in [0.2, 0.25) is 10.0 Å². The van der Waals surface area contributed by atoms with Gasteiger partial charge < -0.3 is 9.64 Å². The van der Waals surface area contributed by atoms with Gasteiger partial charge in [-0.3, -0.25) is 0 Å². The molecule has 2 fully saturated rings. The molecule has 1 aromatic carbocycles. The van der Waals surface area contributed by atoms with E-state index in [2.05, 4.69) is 4.90 Å². The van der Waals surface area contributed by atoms with Gasteiger partial charge in [0, 0.05) is 44.4 Å². The number of likely N-dealkylation sites (tertiary alicyclic amines) is 1. The Labute approximate surface area is 155 Å². The summed E-state index contributed by atoms with van der Waals surface area (Å²) in [6.45, 7) is 3.33. The molecule has 0 aromatic heterocycles. The van der Waals surface area contributed by atoms with Crippen LogP contribution in [0.4, 0.5) is 0 Å². The standard InChI is InChI=1S/C18H27ClN2O3S/c1-24-18-7-9-20(10-8-18)17-5-11-21(12-6-17)25(22,23)14-15-3-2-4-16(19)13-15/h2-4,13,17-18H,5-12,14H2,1H3. The fourth-order valence-corrected chi connectivity index (χ4v) is 5.65. The number of hydrogen-bond acceptors (Lipinski definition) is 4. The molecule has 140 valence electrons. The van der Waals surface area contributed by atoms with Crippen molar-refractivity contribution in [3.8, 4) is 0 Å². The van der Waals surface area contributed by atoms with Crippen molar-refractivity contribution >= 4 is 21.6 Å². The molecule has 2 heterocycles. The molecule has 0 saturated carbocycles. The SMILES string of the molecule is COC1CCN(C2CCN(S(=O)(=O)Cc3cccc(Cl)c3)CC2)CC1. The first kappa shape index (κ1) is 19.1. The molecular weight excluding hydrogens is 360 g/mol. The Kier molecular flexibility index (Phi) is 6.39. The molecule has 25 heavy (non-hydrogen) atoms. The van der Waals surface area contributed by atoms with Crippen LogP contribution >= 0.6 is 11.6 Å². The van der Waals surface area contributed by atoms with Crippen LogP contribution in [-0.4, -0.2) is 63.1 Å². The summed E-state index contributed by atoms with van der Waals surface area (Å²) in [5, 5.41) is 0.575. The lowest BCUT2D eigenvalue weighted by Gasteiger charge is -2.41. The van der Waals surface area contributed by atoms with Crippen LogP contribution in [0.25, 0.3) is 0 Å². The van der Waals surface area contributed by atoms with Gasteiger partial charge in [0.25, 0.3) is 0 Å². The summed E-state index contributed by atoms with van der Waals surface area (Å²) >= 11 is 5.96. The number of nitrogens with zero attached hydrogens (tertiary/aromatic N) is 2. The number of halogens is 1. The van der Waals surface area contributed by atoms with Crippen LogP contribution < -0.4 is 0 Å². The third-order valence-electron chi connectivity index (χ3n) is 5.38. The highest BCUT2D eigenvalue weighted by Gasteiger charge is 2.32. The number of piperidine rings is 2. The van der Waals surface area contributed by atoms with E-state index in [0.717, 1.165) is 44.3 Å². The minimum atomic E-state index is -3.28. The zero-order chi connectivity index (χ0) is 17.9. The van der Waals surface area contributed by atoms with E-state index in [4.69, 9.17) is 16.3 Å². The summed E-state index contributed by atoms with van der Waals surface area (Å²) in [7, 11) is -1.50. The summed E-state index contributed by atoms with van der Waals surface area (Å²) in [5.74, 6) is 0.0253. The molecule has 1 aromatic rings. The molecule has 2 aliphatic rings. The van der Waals surface area contributed by atoms with Crippen LogP contribution in [-0.2, 0) is 20.5 Å². The van der Waals surface area contributed by atoms with Crippen LogP contribution in [0.5, 0.6) is 0 Å². The summed E-state index contributed by atoms with van der Waals surface area (Å²) in [6.07, 6.45) is 4.35. The lowest BCUT2D eigenvalue weighted by Crippen LogP contribution is -2.49. The molecule has 3 rings (SSSR count). The summed E-state index contributed by atoms with van der Waals surface area (Å²) < 4.78 is 32.4. The second kappa shape index (κ2) is 8.35. The molecule has 7 heteroatoms. The molecule has 2 aliphatic heterocycles. The fourth-order valence-electron chi connectivity index (χ4n) is 3.89. The van der Waals surface area contributed by atoms with Gasteiger partial charge >= 0.3 is 0 Å². The van der Waals surface area contributed by atoms with Crippen molar-refractivity contribution in [1.82, 2.24) is 9.21 Å². The number of hydrogen-bond donors (Lipinski definition) is 0. The van der Waals surface area contributed by atoms with Gasteiger partial charge in [-0.2, -0.15) is 0 Å². The predicted molar refractivity (Wildman–Crippen MR) is 100 cm³/mol. The highest BCUT2D eigenvalue weighted by molar-refractivity contribution is 7.88. The molecule has 0 aliphatic carbocycles. The number of ether oxygens (including phenoxy) is 1. The van der Waals surface area contributed by atoms with Crippen LogP contribution in [0.2, 0.25) is 5.02 Å². The second-order valence-electron chi connectivity index (χ2n) is 6.99. The Morgan fingerprint density at radius 2 is 1.80 bits per heavy atom. The average Bonchev–Trinajstić information content (AvgIpc) is 2.61. The van der Waals surface area contributed by atoms with E-state index in [1.54, 1.807) is 29.6 Å². The van der Waals surface area contributed by atoms with Crippen LogP contribution in [0.3, 0.4) is 0 Å². The van der Waals surface area contributed by atoms with Crippen molar-refractivity contribution in [3.05, 3.63) is 34.9 Å². The van der Waals surface area contributed by atoms with Gasteiger partial charge in [-0.25, -0.2) is 12.7 Å². The van der Waals surface area contributed by atoms with E-state index in [1.165, 1.54) is 0 Å². The van der Waals surface area contributed by atoms with E-state index in [-0.39, 0.29) is 5.75 Å². The molecule has 0 unspecified atom stereocenters. The number of rotatable bonds is 5. The molecule has 0 N–H and O–H groups in total. The lowest BCUT2D eigenvalue weighted by atomic mass is 10.00. The van der Waals surface area contributed by atoms with Crippen LogP contribution in [0.15, 0.2) is 24.3 Å². The maximum atomic E-state index is 12.7. The highest BCUT2D eigenvalue weighted by Crippen LogP contribution is 2.24. The molecule has 0 amide bonds. The molecule has 0 spiro atoms. The Hall–Kier alpha value is -0.660. The Morgan fingerprint density at radius 3 is 2.40 bits per heavy atom. The maximum Gasteiger partial charge on any atom is 0.218 e. The zero-order valence-corrected chi connectivity index (χ0v) is 16.3. The summed E-state index contributed by atoms with van der Waals surface area (Å²) in [6, 6.07) is 7.59. The predicted octanol–water partition coefficient (Wildman–Crippen LogP) is 2.75. The number of methoxy groups -OCH3 is 1. The molecule has 0 radical (unpaired) electrons. The van der Waals surface area contributed by atoms with Gasteiger partial charge in [0.05, 0.1) is 11.9 Å². The minimum Gasteiger partial charge on any atom is -0.381 e.